The predicted molar refractivity (Wildman–Crippen MR) is 81.6 cm³/mol. The zero-order valence-corrected chi connectivity index (χ0v) is 13.3. The molecular weight excluding hydrogens is 354 g/mol. The molecule has 116 valence electrons. The number of aromatic nitrogens is 3. The molecule has 3 heterocycles. The van der Waals surface area contributed by atoms with Crippen molar-refractivity contribution in [3.05, 3.63) is 44.8 Å². The first-order chi connectivity index (χ1) is 10.6. The molecule has 22 heavy (non-hydrogen) atoms. The quantitative estimate of drug-likeness (QED) is 0.607. The van der Waals surface area contributed by atoms with Gasteiger partial charge in [-0.25, -0.2) is 0 Å². The van der Waals surface area contributed by atoms with E-state index in [1.54, 1.807) is 10.8 Å². The van der Waals surface area contributed by atoms with Crippen molar-refractivity contribution >= 4 is 21.7 Å². The molecule has 0 saturated carbocycles. The SMILES string of the molecule is O=[N+]([O-])c1cn2c(n1)OCCN(Cc1ccc(Br)cn1)CC2. The van der Waals surface area contributed by atoms with E-state index in [0.717, 1.165) is 23.3 Å². The number of hydrogen-bond acceptors (Lipinski definition) is 6. The van der Waals surface area contributed by atoms with Crippen molar-refractivity contribution < 1.29 is 9.66 Å². The van der Waals surface area contributed by atoms with Crippen LogP contribution < -0.4 is 4.74 Å². The molecule has 0 radical (unpaired) electrons. The minimum atomic E-state index is -0.509. The summed E-state index contributed by atoms with van der Waals surface area (Å²) in [6.45, 7) is 3.21. The Labute approximate surface area is 135 Å². The molecule has 2 aromatic rings. The van der Waals surface area contributed by atoms with Gasteiger partial charge in [0, 0.05) is 41.8 Å². The van der Waals surface area contributed by atoms with Gasteiger partial charge in [-0.15, -0.1) is 0 Å². The third kappa shape index (κ3) is 3.42. The Hall–Kier alpha value is -2.00. The van der Waals surface area contributed by atoms with E-state index < -0.39 is 4.92 Å². The van der Waals surface area contributed by atoms with Gasteiger partial charge in [-0.1, -0.05) is 0 Å². The first-order valence-corrected chi connectivity index (χ1v) is 7.58. The van der Waals surface area contributed by atoms with Crippen molar-refractivity contribution in [2.45, 2.75) is 13.1 Å². The van der Waals surface area contributed by atoms with Gasteiger partial charge in [-0.05, 0) is 33.0 Å². The molecule has 3 rings (SSSR count). The standard InChI is InChI=1S/C13H14BrN5O3/c14-10-1-2-11(15-7-10)8-17-3-4-18-9-12(19(20)21)16-13(18)22-6-5-17/h1-2,7,9H,3-6,8H2. The number of nitrogens with zero attached hydrogens (tertiary/aromatic N) is 5. The molecule has 0 atom stereocenters. The second-order valence-corrected chi connectivity index (χ2v) is 5.84. The fraction of sp³-hybridized carbons (Fsp3) is 0.385. The van der Waals surface area contributed by atoms with E-state index in [4.69, 9.17) is 4.74 Å². The third-order valence-electron chi connectivity index (χ3n) is 3.38. The molecule has 0 fully saturated rings. The molecule has 1 aliphatic rings. The maximum absolute atomic E-state index is 10.8. The third-order valence-corrected chi connectivity index (χ3v) is 3.85. The minimum Gasteiger partial charge on any atom is -0.444 e. The Bertz CT molecular complexity index is 673. The number of nitro groups is 1. The van der Waals surface area contributed by atoms with E-state index in [9.17, 15) is 10.1 Å². The second-order valence-electron chi connectivity index (χ2n) is 4.92. The highest BCUT2D eigenvalue weighted by atomic mass is 79.9. The maximum atomic E-state index is 10.8. The molecule has 2 aromatic heterocycles. The van der Waals surface area contributed by atoms with Gasteiger partial charge in [0.2, 0.25) is 0 Å². The molecule has 0 aromatic carbocycles. The van der Waals surface area contributed by atoms with Gasteiger partial charge in [0.15, 0.2) is 0 Å². The van der Waals surface area contributed by atoms with Crippen molar-refractivity contribution in [2.75, 3.05) is 19.7 Å². The van der Waals surface area contributed by atoms with E-state index in [1.807, 2.05) is 12.1 Å². The predicted octanol–water partition coefficient (Wildman–Crippen LogP) is 1.84. The molecule has 0 N–H and O–H groups in total. The molecule has 0 aliphatic carbocycles. The average molecular weight is 368 g/mol. The molecular formula is C13H14BrN5O3. The Morgan fingerprint density at radius 2 is 2.23 bits per heavy atom. The summed E-state index contributed by atoms with van der Waals surface area (Å²) in [5.41, 5.74) is 0.973. The molecule has 0 bridgehead atoms. The van der Waals surface area contributed by atoms with Gasteiger partial charge in [0.25, 0.3) is 0 Å². The van der Waals surface area contributed by atoms with Crippen LogP contribution in [-0.4, -0.2) is 44.1 Å². The van der Waals surface area contributed by atoms with E-state index in [2.05, 4.69) is 30.8 Å². The molecule has 0 unspecified atom stereocenters. The van der Waals surface area contributed by atoms with E-state index >= 15 is 0 Å². The number of halogens is 1. The second kappa shape index (κ2) is 6.41. The van der Waals surface area contributed by atoms with Crippen LogP contribution in [0.15, 0.2) is 29.0 Å². The molecule has 1 aliphatic heterocycles. The fourth-order valence-corrected chi connectivity index (χ4v) is 2.50. The number of imidazole rings is 1. The van der Waals surface area contributed by atoms with Crippen LogP contribution in [0.4, 0.5) is 5.82 Å². The van der Waals surface area contributed by atoms with Crippen LogP contribution in [0.2, 0.25) is 0 Å². The van der Waals surface area contributed by atoms with Crippen LogP contribution in [0.3, 0.4) is 0 Å². The summed E-state index contributed by atoms with van der Waals surface area (Å²) in [5.74, 6) is -0.182. The van der Waals surface area contributed by atoms with Crippen LogP contribution in [0.25, 0.3) is 0 Å². The molecule has 0 amide bonds. The summed E-state index contributed by atoms with van der Waals surface area (Å²) in [4.78, 5) is 20.7. The highest BCUT2D eigenvalue weighted by molar-refractivity contribution is 9.10. The fourth-order valence-electron chi connectivity index (χ4n) is 2.26. The Balaban J connectivity index is 1.68. The van der Waals surface area contributed by atoms with Crippen molar-refractivity contribution in [1.29, 1.82) is 0 Å². The van der Waals surface area contributed by atoms with Gasteiger partial charge in [-0.2, -0.15) is 0 Å². The maximum Gasteiger partial charge on any atom is 0.414 e. The van der Waals surface area contributed by atoms with E-state index in [0.29, 0.717) is 25.7 Å². The Morgan fingerprint density at radius 1 is 1.36 bits per heavy atom. The number of pyridine rings is 1. The molecule has 0 spiro atoms. The van der Waals surface area contributed by atoms with Crippen LogP contribution in [0.1, 0.15) is 5.69 Å². The topological polar surface area (TPSA) is 86.3 Å². The van der Waals surface area contributed by atoms with Gasteiger partial charge in [0.05, 0.1) is 5.69 Å². The summed E-state index contributed by atoms with van der Waals surface area (Å²) in [6.07, 6.45) is 3.18. The summed E-state index contributed by atoms with van der Waals surface area (Å²) >= 11 is 3.36. The van der Waals surface area contributed by atoms with Crippen molar-refractivity contribution in [3.8, 4) is 6.01 Å². The van der Waals surface area contributed by atoms with Gasteiger partial charge < -0.3 is 14.9 Å². The Kier molecular flexibility index (Phi) is 4.34. The lowest BCUT2D eigenvalue weighted by molar-refractivity contribution is -0.389. The minimum absolute atomic E-state index is 0.182. The van der Waals surface area contributed by atoms with Crippen LogP contribution in [0, 0.1) is 10.1 Å². The largest absolute Gasteiger partial charge is 0.444 e. The zero-order chi connectivity index (χ0) is 15.5. The first-order valence-electron chi connectivity index (χ1n) is 6.79. The first kappa shape index (κ1) is 14.9. The van der Waals surface area contributed by atoms with E-state index in [-0.39, 0.29) is 5.82 Å². The lowest BCUT2D eigenvalue weighted by atomic mass is 10.3. The van der Waals surface area contributed by atoms with Gasteiger partial charge >= 0.3 is 11.8 Å². The van der Waals surface area contributed by atoms with Crippen LogP contribution >= 0.6 is 15.9 Å². The average Bonchev–Trinajstić information content (AvgIpc) is 2.87. The number of hydrogen-bond donors (Lipinski definition) is 0. The zero-order valence-electron chi connectivity index (χ0n) is 11.7. The van der Waals surface area contributed by atoms with Crippen LogP contribution in [0.5, 0.6) is 6.01 Å². The summed E-state index contributed by atoms with van der Waals surface area (Å²) in [6, 6.07) is 4.24. The molecule has 0 saturated heterocycles. The van der Waals surface area contributed by atoms with E-state index in [1.165, 1.54) is 6.20 Å². The van der Waals surface area contributed by atoms with Crippen molar-refractivity contribution in [1.82, 2.24) is 19.4 Å². The lowest BCUT2D eigenvalue weighted by Gasteiger charge is -2.23. The molecule has 9 heteroatoms. The molecule has 8 nitrogen and oxygen atoms in total. The summed E-state index contributed by atoms with van der Waals surface area (Å²) in [7, 11) is 0. The van der Waals surface area contributed by atoms with Gasteiger partial charge in [0.1, 0.15) is 12.8 Å². The highest BCUT2D eigenvalue weighted by Crippen LogP contribution is 2.19. The summed E-state index contributed by atoms with van der Waals surface area (Å²) in [5, 5.41) is 10.8. The smallest absolute Gasteiger partial charge is 0.414 e. The van der Waals surface area contributed by atoms with Crippen molar-refractivity contribution in [3.63, 3.8) is 0 Å². The van der Waals surface area contributed by atoms with Gasteiger partial charge in [-0.3, -0.25) is 14.5 Å². The summed E-state index contributed by atoms with van der Waals surface area (Å²) < 4.78 is 8.15. The normalized spacial score (nSPS) is 15.5. The number of fused-ring (bicyclic) bond motifs is 1. The number of ether oxygens (including phenoxy) is 1. The van der Waals surface area contributed by atoms with Crippen LogP contribution in [-0.2, 0) is 13.1 Å². The lowest BCUT2D eigenvalue weighted by Crippen LogP contribution is -2.33. The monoisotopic (exact) mass is 367 g/mol. The van der Waals surface area contributed by atoms with Crippen molar-refractivity contribution in [2.24, 2.45) is 0 Å². The Morgan fingerprint density at radius 3 is 2.95 bits per heavy atom. The highest BCUT2D eigenvalue weighted by Gasteiger charge is 2.22. The number of rotatable bonds is 3.